The molecule has 0 saturated heterocycles. The number of carbonyl (C=O) groups is 1. The van der Waals surface area contributed by atoms with Crippen LogP contribution < -0.4 is 14.8 Å². The fraction of sp³-hybridized carbons (Fsp3) is 0.130. The second-order valence-corrected chi connectivity index (χ2v) is 6.66. The zero-order valence-electron chi connectivity index (χ0n) is 16.9. The number of benzene rings is 2. The highest BCUT2D eigenvalue weighted by atomic mass is 16.5. The van der Waals surface area contributed by atoms with E-state index >= 15 is 0 Å². The topological polar surface area (TPSA) is 91.2 Å². The fourth-order valence-electron chi connectivity index (χ4n) is 3.03. The molecule has 0 atom stereocenters. The molecule has 0 aliphatic carbocycles. The lowest BCUT2D eigenvalue weighted by atomic mass is 10.2. The Morgan fingerprint density at radius 3 is 2.68 bits per heavy atom. The van der Waals surface area contributed by atoms with E-state index in [-0.39, 0.29) is 5.91 Å². The van der Waals surface area contributed by atoms with Crippen LogP contribution in [0.5, 0.6) is 11.5 Å². The number of nitrogens with one attached hydrogen (secondary N) is 1. The van der Waals surface area contributed by atoms with Crippen molar-refractivity contribution in [1.82, 2.24) is 25.1 Å². The Morgan fingerprint density at radius 2 is 1.90 bits per heavy atom. The monoisotopic (exact) mass is 415 g/mol. The number of rotatable bonds is 8. The number of ether oxygens (including phenoxy) is 2. The van der Waals surface area contributed by atoms with Gasteiger partial charge in [-0.1, -0.05) is 36.4 Å². The minimum atomic E-state index is -0.262. The number of hydrogen-bond donors (Lipinski definition) is 1. The molecule has 156 valence electrons. The Morgan fingerprint density at radius 1 is 1.03 bits per heavy atom. The summed E-state index contributed by atoms with van der Waals surface area (Å²) in [6.07, 6.45) is 4.50. The Labute approximate surface area is 179 Å². The third-order valence-electron chi connectivity index (χ3n) is 4.59. The van der Waals surface area contributed by atoms with E-state index in [1.165, 1.54) is 17.3 Å². The predicted octanol–water partition coefficient (Wildman–Crippen LogP) is 3.18. The summed E-state index contributed by atoms with van der Waals surface area (Å²) >= 11 is 0. The minimum absolute atomic E-state index is 0.262. The quantitative estimate of drug-likeness (QED) is 0.475. The molecule has 0 fully saturated rings. The van der Waals surface area contributed by atoms with Crippen LogP contribution in [0.15, 0.2) is 79.5 Å². The van der Waals surface area contributed by atoms with Crippen LogP contribution >= 0.6 is 0 Å². The van der Waals surface area contributed by atoms with E-state index in [1.54, 1.807) is 25.4 Å². The molecule has 0 aliphatic rings. The average Bonchev–Trinajstić information content (AvgIpc) is 3.37. The highest BCUT2D eigenvalue weighted by Gasteiger charge is 2.14. The van der Waals surface area contributed by atoms with E-state index in [4.69, 9.17) is 9.47 Å². The maximum Gasteiger partial charge on any atom is 0.255 e. The first kappa shape index (κ1) is 20.1. The standard InChI is InChI=1S/C23H21N5O3/c1-30-21-12-18(9-10-20(21)31-14-17-6-3-2-4-7-17)13-26-23(29)19-8-5-11-25-22(19)28-16-24-15-27-28/h2-12,15-16H,13-14H2,1H3,(H,26,29). The zero-order chi connectivity index (χ0) is 21.5. The molecule has 4 aromatic rings. The lowest BCUT2D eigenvalue weighted by Gasteiger charge is -2.13. The van der Waals surface area contributed by atoms with Crippen LogP contribution in [0.2, 0.25) is 0 Å². The van der Waals surface area contributed by atoms with E-state index in [0.717, 1.165) is 11.1 Å². The second-order valence-electron chi connectivity index (χ2n) is 6.66. The van der Waals surface area contributed by atoms with Gasteiger partial charge in [-0.15, -0.1) is 0 Å². The van der Waals surface area contributed by atoms with Crippen molar-refractivity contribution in [3.63, 3.8) is 0 Å². The molecule has 1 N–H and O–H groups in total. The van der Waals surface area contributed by atoms with Crippen LogP contribution in [0.4, 0.5) is 0 Å². The molecular formula is C23H21N5O3. The first-order valence-corrected chi connectivity index (χ1v) is 9.66. The molecule has 8 nitrogen and oxygen atoms in total. The summed E-state index contributed by atoms with van der Waals surface area (Å²) in [6.45, 7) is 0.763. The van der Waals surface area contributed by atoms with E-state index in [2.05, 4.69) is 20.4 Å². The molecular weight excluding hydrogens is 394 g/mol. The molecule has 0 aliphatic heterocycles. The van der Waals surface area contributed by atoms with Crippen LogP contribution in [0.25, 0.3) is 5.82 Å². The molecule has 0 radical (unpaired) electrons. The summed E-state index contributed by atoms with van der Waals surface area (Å²) in [6, 6.07) is 18.9. The lowest BCUT2D eigenvalue weighted by molar-refractivity contribution is 0.0950. The Hall–Kier alpha value is -4.20. The van der Waals surface area contributed by atoms with Crippen LogP contribution in [0.3, 0.4) is 0 Å². The van der Waals surface area contributed by atoms with Crippen molar-refractivity contribution in [3.05, 3.63) is 96.2 Å². The first-order chi connectivity index (χ1) is 15.2. The van der Waals surface area contributed by atoms with Crippen LogP contribution in [-0.4, -0.2) is 32.8 Å². The van der Waals surface area contributed by atoms with Gasteiger partial charge < -0.3 is 14.8 Å². The number of nitrogens with zero attached hydrogens (tertiary/aromatic N) is 4. The Kier molecular flexibility index (Phi) is 6.18. The predicted molar refractivity (Wildman–Crippen MR) is 114 cm³/mol. The molecule has 31 heavy (non-hydrogen) atoms. The van der Waals surface area contributed by atoms with Gasteiger partial charge in [0.15, 0.2) is 17.3 Å². The smallest absolute Gasteiger partial charge is 0.255 e. The van der Waals surface area contributed by atoms with Gasteiger partial charge in [0.2, 0.25) is 0 Å². The number of amides is 1. The van der Waals surface area contributed by atoms with Gasteiger partial charge in [-0.3, -0.25) is 4.79 Å². The number of aromatic nitrogens is 4. The zero-order valence-corrected chi connectivity index (χ0v) is 16.9. The lowest BCUT2D eigenvalue weighted by Crippen LogP contribution is -2.24. The summed E-state index contributed by atoms with van der Waals surface area (Å²) in [4.78, 5) is 20.9. The normalized spacial score (nSPS) is 10.5. The summed E-state index contributed by atoms with van der Waals surface area (Å²) in [5.41, 5.74) is 2.35. The summed E-state index contributed by atoms with van der Waals surface area (Å²) < 4.78 is 12.8. The van der Waals surface area contributed by atoms with Crippen molar-refractivity contribution in [3.8, 4) is 17.3 Å². The molecule has 8 heteroatoms. The molecule has 2 aromatic heterocycles. The van der Waals surface area contributed by atoms with Crippen molar-refractivity contribution < 1.29 is 14.3 Å². The molecule has 2 aromatic carbocycles. The van der Waals surface area contributed by atoms with Gasteiger partial charge in [0, 0.05) is 12.7 Å². The third kappa shape index (κ3) is 4.87. The summed E-state index contributed by atoms with van der Waals surface area (Å²) in [5, 5.41) is 6.96. The molecule has 1 amide bonds. The number of methoxy groups -OCH3 is 1. The van der Waals surface area contributed by atoms with Gasteiger partial charge in [0.05, 0.1) is 12.7 Å². The van der Waals surface area contributed by atoms with Crippen molar-refractivity contribution in [2.75, 3.05) is 7.11 Å². The molecule has 0 spiro atoms. The third-order valence-corrected chi connectivity index (χ3v) is 4.59. The largest absolute Gasteiger partial charge is 0.493 e. The van der Waals surface area contributed by atoms with E-state index in [9.17, 15) is 4.79 Å². The van der Waals surface area contributed by atoms with Crippen molar-refractivity contribution in [1.29, 1.82) is 0 Å². The second kappa shape index (κ2) is 9.53. The molecule has 0 saturated carbocycles. The van der Waals surface area contributed by atoms with Gasteiger partial charge in [-0.2, -0.15) is 5.10 Å². The Bertz CT molecular complexity index is 1150. The molecule has 0 bridgehead atoms. The Balaban J connectivity index is 1.43. The van der Waals surface area contributed by atoms with Crippen LogP contribution in [0.1, 0.15) is 21.5 Å². The van der Waals surface area contributed by atoms with E-state index in [1.807, 2.05) is 48.5 Å². The molecule has 2 heterocycles. The summed E-state index contributed by atoms with van der Waals surface area (Å²) in [5.74, 6) is 1.40. The van der Waals surface area contributed by atoms with Crippen molar-refractivity contribution in [2.45, 2.75) is 13.2 Å². The number of pyridine rings is 1. The highest BCUT2D eigenvalue weighted by Crippen LogP contribution is 2.29. The van der Waals surface area contributed by atoms with Crippen LogP contribution in [0, 0.1) is 0 Å². The van der Waals surface area contributed by atoms with Gasteiger partial charge >= 0.3 is 0 Å². The van der Waals surface area contributed by atoms with E-state index in [0.29, 0.717) is 36.0 Å². The van der Waals surface area contributed by atoms with Gasteiger partial charge in [0.25, 0.3) is 5.91 Å². The minimum Gasteiger partial charge on any atom is -0.493 e. The van der Waals surface area contributed by atoms with E-state index < -0.39 is 0 Å². The SMILES string of the molecule is COc1cc(CNC(=O)c2cccnc2-n2cncn2)ccc1OCc1ccccc1. The highest BCUT2D eigenvalue weighted by molar-refractivity contribution is 5.97. The van der Waals surface area contributed by atoms with Crippen LogP contribution in [-0.2, 0) is 13.2 Å². The van der Waals surface area contributed by atoms with Crippen molar-refractivity contribution in [2.24, 2.45) is 0 Å². The molecule has 4 rings (SSSR count). The average molecular weight is 415 g/mol. The van der Waals surface area contributed by atoms with Crippen molar-refractivity contribution >= 4 is 5.91 Å². The first-order valence-electron chi connectivity index (χ1n) is 9.66. The maximum absolute atomic E-state index is 12.7. The fourth-order valence-corrected chi connectivity index (χ4v) is 3.03. The summed E-state index contributed by atoms with van der Waals surface area (Å²) in [7, 11) is 1.59. The van der Waals surface area contributed by atoms with Gasteiger partial charge in [0.1, 0.15) is 19.3 Å². The maximum atomic E-state index is 12.7. The van der Waals surface area contributed by atoms with Gasteiger partial charge in [-0.25, -0.2) is 14.6 Å². The molecule has 0 unspecified atom stereocenters. The number of hydrogen-bond acceptors (Lipinski definition) is 6. The number of carbonyl (C=O) groups excluding carboxylic acids is 1. The van der Waals surface area contributed by atoms with Gasteiger partial charge in [-0.05, 0) is 35.4 Å².